The highest BCUT2D eigenvalue weighted by Crippen LogP contribution is 2.40. The Kier molecular flexibility index (Phi) is 20.6. The molecule has 3 aliphatic carbocycles. The maximum Gasteiger partial charge on any atom is 0.410 e. The summed E-state index contributed by atoms with van der Waals surface area (Å²) in [5.74, 6) is 6.69. The number of nitrogens with zero attached hydrogens (tertiary/aromatic N) is 8. The van der Waals surface area contributed by atoms with E-state index in [0.29, 0.717) is 32.7 Å². The highest BCUT2D eigenvalue weighted by Gasteiger charge is 2.28. The van der Waals surface area contributed by atoms with Gasteiger partial charge in [0.1, 0.15) is 11.2 Å². The molecule has 3 aliphatic heterocycles. The fourth-order valence-corrected chi connectivity index (χ4v) is 11.2. The number of piperazine rings is 3. The van der Waals surface area contributed by atoms with Crippen molar-refractivity contribution < 1.29 is 19.1 Å². The van der Waals surface area contributed by atoms with Crippen LogP contribution in [0, 0.1) is 11.8 Å². The number of amides is 2. The smallest absolute Gasteiger partial charge is 0.410 e. The van der Waals surface area contributed by atoms with E-state index in [1.807, 2.05) is 66.2 Å². The lowest BCUT2D eigenvalue weighted by molar-refractivity contribution is 0.0145. The number of rotatable bonds is 7. The number of fused-ring (bicyclic) bond motifs is 9. The van der Waals surface area contributed by atoms with Gasteiger partial charge in [-0.15, -0.1) is 12.4 Å². The Morgan fingerprint density at radius 3 is 1.37 bits per heavy atom. The monoisotopic (exact) mass is 1120 g/mol. The van der Waals surface area contributed by atoms with Crippen LogP contribution in [0.3, 0.4) is 0 Å². The number of aromatic nitrogens is 3. The first-order valence-electron chi connectivity index (χ1n) is 28.6. The van der Waals surface area contributed by atoms with E-state index in [1.54, 1.807) is 9.80 Å². The molecule has 3 fully saturated rings. The third-order valence-electron chi connectivity index (χ3n) is 15.2. The summed E-state index contributed by atoms with van der Waals surface area (Å²) >= 11 is 0. The number of benzene rings is 3. The molecule has 2 amide bonds. The maximum atomic E-state index is 12.2. The topological polar surface area (TPSA) is 120 Å². The molecule has 3 aromatic carbocycles. The number of carbonyl (C=O) groups excluding carboxylic acids is 2. The van der Waals surface area contributed by atoms with Crippen LogP contribution in [0.2, 0.25) is 0 Å². The van der Waals surface area contributed by atoms with Gasteiger partial charge in [-0.3, -0.25) is 29.7 Å². The van der Waals surface area contributed by atoms with Crippen LogP contribution in [0.4, 0.5) is 9.59 Å². The highest BCUT2D eigenvalue weighted by atomic mass is 35.5. The predicted molar refractivity (Wildman–Crippen MR) is 334 cm³/mol. The van der Waals surface area contributed by atoms with Crippen molar-refractivity contribution in [2.24, 2.45) is 0 Å². The molecule has 6 aromatic rings. The summed E-state index contributed by atoms with van der Waals surface area (Å²) in [6.45, 7) is 24.6. The predicted octanol–water partition coefficient (Wildman–Crippen LogP) is 11.4. The van der Waals surface area contributed by atoms with Gasteiger partial charge >= 0.3 is 12.2 Å². The van der Waals surface area contributed by atoms with Crippen LogP contribution in [-0.4, -0.2) is 161 Å². The minimum atomic E-state index is -0.455. The summed E-state index contributed by atoms with van der Waals surface area (Å²) in [5, 5.41) is 3.39. The molecule has 6 aliphatic rings. The minimum Gasteiger partial charge on any atom is -0.444 e. The fourth-order valence-electron chi connectivity index (χ4n) is 11.2. The van der Waals surface area contributed by atoms with Crippen LogP contribution in [0.1, 0.15) is 99.4 Å². The van der Waals surface area contributed by atoms with Crippen molar-refractivity contribution in [2.45, 2.75) is 79.4 Å². The summed E-state index contributed by atoms with van der Waals surface area (Å²) in [5.41, 5.74) is 17.9. The molecule has 0 unspecified atom stereocenters. The van der Waals surface area contributed by atoms with E-state index < -0.39 is 11.2 Å². The van der Waals surface area contributed by atoms with Crippen LogP contribution >= 0.6 is 12.4 Å². The Morgan fingerprint density at radius 2 is 0.915 bits per heavy atom. The first kappa shape index (κ1) is 60.9. The molecule has 13 nitrogen and oxygen atoms in total. The van der Waals surface area contributed by atoms with Crippen LogP contribution in [-0.2, 0) is 28.7 Å². The third-order valence-corrected chi connectivity index (χ3v) is 15.2. The van der Waals surface area contributed by atoms with Gasteiger partial charge < -0.3 is 24.6 Å². The normalized spacial score (nSPS) is 16.3. The number of pyridine rings is 3. The summed E-state index contributed by atoms with van der Waals surface area (Å²) in [7, 11) is 0. The summed E-state index contributed by atoms with van der Waals surface area (Å²) in [6, 6.07) is 31.9. The van der Waals surface area contributed by atoms with E-state index in [4.69, 9.17) is 9.47 Å². The molecule has 0 atom stereocenters. The van der Waals surface area contributed by atoms with Crippen LogP contribution < -0.4 is 5.32 Å². The Morgan fingerprint density at radius 1 is 0.524 bits per heavy atom. The van der Waals surface area contributed by atoms with Crippen LogP contribution in [0.5, 0.6) is 0 Å². The van der Waals surface area contributed by atoms with Crippen LogP contribution in [0.15, 0.2) is 122 Å². The molecule has 430 valence electrons. The molecular formula is C68H82ClN9O4. The van der Waals surface area contributed by atoms with Crippen molar-refractivity contribution in [3.8, 4) is 45.2 Å². The lowest BCUT2D eigenvalue weighted by Gasteiger charge is -2.35. The van der Waals surface area contributed by atoms with Crippen LogP contribution in [0.25, 0.3) is 45.5 Å². The van der Waals surface area contributed by atoms with E-state index in [-0.39, 0.29) is 32.0 Å². The molecule has 12 rings (SSSR count). The number of hydrogen-bond donors (Lipinski definition) is 1. The zero-order valence-electron chi connectivity index (χ0n) is 48.0. The van der Waals surface area contributed by atoms with Gasteiger partial charge in [0.2, 0.25) is 0 Å². The SMILES string of the molecule is C.C(=C/c1ccnc2c1-c1ccccc1C2)/CN1CCNCC1.CC(C)(C)OC(=O)N1CCN(C/C=C\c2ccnc3c2-c2ccccc2C3)CC1.CC(C)(C)OC(=O)N1CCN(CC#Cc2ccnc3c2-c2ccccc2C3)CC1.Cl. The number of ether oxygens (including phenoxy) is 2. The molecule has 0 radical (unpaired) electrons. The fraction of sp³-hybridized carbons (Fsp3) is 0.397. The highest BCUT2D eigenvalue weighted by molar-refractivity contribution is 5.86. The molecule has 0 saturated carbocycles. The van der Waals surface area contributed by atoms with Gasteiger partial charge in [-0.2, -0.15) is 0 Å². The quantitative estimate of drug-likeness (QED) is 0.154. The van der Waals surface area contributed by atoms with E-state index in [0.717, 1.165) is 96.0 Å². The molecule has 14 heteroatoms. The molecule has 0 bridgehead atoms. The van der Waals surface area contributed by atoms with Crippen molar-refractivity contribution in [3.05, 3.63) is 172 Å². The molecular weight excluding hydrogens is 1040 g/mol. The van der Waals surface area contributed by atoms with Gasteiger partial charge in [-0.25, -0.2) is 9.59 Å². The summed E-state index contributed by atoms with van der Waals surface area (Å²) < 4.78 is 10.9. The lowest BCUT2D eigenvalue weighted by Crippen LogP contribution is -2.50. The largest absolute Gasteiger partial charge is 0.444 e. The maximum absolute atomic E-state index is 12.2. The molecule has 1 N–H and O–H groups in total. The van der Waals surface area contributed by atoms with Gasteiger partial charge in [-0.05, 0) is 104 Å². The number of nitrogens with one attached hydrogen (secondary N) is 1. The van der Waals surface area contributed by atoms with Gasteiger partial charge in [-0.1, -0.05) is 116 Å². The van der Waals surface area contributed by atoms with E-state index in [2.05, 4.69) is 156 Å². The first-order chi connectivity index (χ1) is 38.7. The van der Waals surface area contributed by atoms with Gasteiger partial charge in [0.15, 0.2) is 0 Å². The van der Waals surface area contributed by atoms with Crippen molar-refractivity contribution in [1.82, 2.24) is 44.8 Å². The Bertz CT molecular complexity index is 3290. The molecule has 82 heavy (non-hydrogen) atoms. The van der Waals surface area contributed by atoms with Crippen molar-refractivity contribution in [1.29, 1.82) is 0 Å². The second kappa shape index (κ2) is 27.7. The molecule has 3 aromatic heterocycles. The zero-order valence-corrected chi connectivity index (χ0v) is 48.9. The average molecular weight is 1120 g/mol. The minimum absolute atomic E-state index is 0. The standard InChI is InChI=1S/C24H29N3O2.C24H27N3O2.C19H21N3.CH4.ClH/c2*1-24(2,3)29-23(28)27-15-13-26(14-16-27)12-6-8-18-10-11-25-21-17-19-7-4-5-9-20(19)22(18)21;1-2-6-17-16(4-1)14-18-19(17)15(7-8-21-18)5-3-11-22-12-9-20-10-13-22;;/h4-11H,12-17H2,1-3H3;4-5,7,9-11H,12-17H2,1-3H3;1-8,20H,9-14H2;1H4;1H/b8-6-;;5-3-;;. The third kappa shape index (κ3) is 15.5. The summed E-state index contributed by atoms with van der Waals surface area (Å²) in [4.78, 5) is 48.8. The molecule has 3 saturated heterocycles. The molecule has 6 heterocycles. The van der Waals surface area contributed by atoms with Gasteiger partial charge in [0.05, 0.1) is 23.6 Å². The Hall–Kier alpha value is -7.18. The Labute approximate surface area is 493 Å². The lowest BCUT2D eigenvalue weighted by atomic mass is 10.0. The number of carbonyl (C=O) groups is 2. The molecule has 0 spiro atoms. The number of hydrogen-bond acceptors (Lipinski definition) is 11. The van der Waals surface area contributed by atoms with Crippen molar-refractivity contribution in [2.75, 3.05) is 98.2 Å². The van der Waals surface area contributed by atoms with Crippen molar-refractivity contribution in [3.63, 3.8) is 0 Å². The summed E-state index contributed by atoms with van der Waals surface area (Å²) in [6.07, 6.45) is 17.0. The number of halogens is 1. The van der Waals surface area contributed by atoms with Gasteiger partial charge in [0, 0.05) is 152 Å². The van der Waals surface area contributed by atoms with Gasteiger partial charge in [0.25, 0.3) is 0 Å². The Balaban J connectivity index is 0.000000161. The van der Waals surface area contributed by atoms with E-state index >= 15 is 0 Å². The average Bonchev–Trinajstić information content (AvgIpc) is 3.84. The first-order valence-corrected chi connectivity index (χ1v) is 28.6. The van der Waals surface area contributed by atoms with E-state index in [1.165, 1.54) is 72.6 Å². The van der Waals surface area contributed by atoms with Crippen molar-refractivity contribution >= 4 is 36.7 Å². The second-order valence-corrected chi connectivity index (χ2v) is 23.3. The second-order valence-electron chi connectivity index (χ2n) is 23.3. The zero-order chi connectivity index (χ0) is 55.6. The van der Waals surface area contributed by atoms with E-state index in [9.17, 15) is 9.59 Å².